The van der Waals surface area contributed by atoms with Crippen LogP contribution in [-0.2, 0) is 16.1 Å². The monoisotopic (exact) mass is 402 g/mol. The average Bonchev–Trinajstić information content (AvgIpc) is 2.52. The quantitative estimate of drug-likeness (QED) is 0.195. The number of esters is 1. The zero-order valence-electron chi connectivity index (χ0n) is 12.9. The summed E-state index contributed by atoms with van der Waals surface area (Å²) in [5, 5.41) is 0. The summed E-state index contributed by atoms with van der Waals surface area (Å²) in [6, 6.07) is 9.84. The third-order valence-electron chi connectivity index (χ3n) is 3.51. The first kappa shape index (κ1) is 18.5. The molecule has 0 heterocycles. The fourth-order valence-electron chi connectivity index (χ4n) is 2.23. The van der Waals surface area contributed by atoms with Gasteiger partial charge in [0.25, 0.3) is 0 Å². The van der Waals surface area contributed by atoms with Crippen molar-refractivity contribution in [3.8, 4) is 0 Å². The summed E-state index contributed by atoms with van der Waals surface area (Å²) in [6.07, 6.45) is 10.6. The van der Waals surface area contributed by atoms with Crippen LogP contribution in [0.2, 0.25) is 0 Å². The molecule has 0 N–H and O–H groups in total. The second-order valence-electron chi connectivity index (χ2n) is 5.41. The molecule has 2 nitrogen and oxygen atoms in total. The molecule has 0 radical (unpaired) electrons. The number of alkyl halides is 1. The van der Waals surface area contributed by atoms with E-state index in [9.17, 15) is 4.79 Å². The SMILES string of the molecule is O=C(CCCCCCCCCCI)OCc1ccccc1. The maximum Gasteiger partial charge on any atom is 0.306 e. The van der Waals surface area contributed by atoms with Gasteiger partial charge in [0.05, 0.1) is 0 Å². The van der Waals surface area contributed by atoms with Gasteiger partial charge in [-0.2, -0.15) is 0 Å². The van der Waals surface area contributed by atoms with Crippen molar-refractivity contribution in [3.05, 3.63) is 35.9 Å². The van der Waals surface area contributed by atoms with Crippen molar-refractivity contribution in [3.63, 3.8) is 0 Å². The summed E-state index contributed by atoms with van der Waals surface area (Å²) in [7, 11) is 0. The molecular weight excluding hydrogens is 375 g/mol. The van der Waals surface area contributed by atoms with Crippen molar-refractivity contribution in [1.29, 1.82) is 0 Å². The van der Waals surface area contributed by atoms with Gasteiger partial charge in [-0.15, -0.1) is 0 Å². The predicted molar refractivity (Wildman–Crippen MR) is 96.7 cm³/mol. The van der Waals surface area contributed by atoms with Gasteiger partial charge in [-0.05, 0) is 22.8 Å². The summed E-state index contributed by atoms with van der Waals surface area (Å²) < 4.78 is 6.54. The van der Waals surface area contributed by atoms with Gasteiger partial charge in [-0.1, -0.05) is 91.4 Å². The van der Waals surface area contributed by atoms with E-state index in [0.29, 0.717) is 13.0 Å². The first-order chi connectivity index (χ1) is 10.3. The van der Waals surface area contributed by atoms with Gasteiger partial charge in [0.15, 0.2) is 0 Å². The van der Waals surface area contributed by atoms with Crippen LogP contribution >= 0.6 is 22.6 Å². The molecule has 118 valence electrons. The van der Waals surface area contributed by atoms with Gasteiger partial charge >= 0.3 is 5.97 Å². The van der Waals surface area contributed by atoms with Crippen LogP contribution in [0.25, 0.3) is 0 Å². The number of hydrogen-bond donors (Lipinski definition) is 0. The van der Waals surface area contributed by atoms with E-state index in [0.717, 1.165) is 18.4 Å². The fourth-order valence-corrected chi connectivity index (χ4v) is 2.77. The Morgan fingerprint density at radius 1 is 0.857 bits per heavy atom. The number of halogens is 1. The van der Waals surface area contributed by atoms with Gasteiger partial charge in [0.1, 0.15) is 6.61 Å². The second kappa shape index (κ2) is 13.1. The molecule has 0 fully saturated rings. The molecule has 0 amide bonds. The Kier molecular flexibility index (Phi) is 11.5. The lowest BCUT2D eigenvalue weighted by atomic mass is 10.1. The molecule has 0 atom stereocenters. The van der Waals surface area contributed by atoms with E-state index in [4.69, 9.17) is 4.74 Å². The Balaban J connectivity index is 1.89. The third kappa shape index (κ3) is 10.7. The highest BCUT2D eigenvalue weighted by molar-refractivity contribution is 14.1. The number of benzene rings is 1. The molecule has 1 aromatic carbocycles. The largest absolute Gasteiger partial charge is 0.461 e. The van der Waals surface area contributed by atoms with Crippen LogP contribution in [-0.4, -0.2) is 10.4 Å². The molecule has 0 aromatic heterocycles. The molecule has 0 aliphatic carbocycles. The Morgan fingerprint density at radius 3 is 2.05 bits per heavy atom. The standard InChI is InChI=1S/C18H27IO2/c19-15-11-6-4-2-1-3-5-10-14-18(20)21-16-17-12-8-7-9-13-17/h7-9,12-13H,1-6,10-11,14-16H2. The molecule has 0 unspecified atom stereocenters. The summed E-state index contributed by atoms with van der Waals surface area (Å²) in [6.45, 7) is 0.399. The zero-order valence-corrected chi connectivity index (χ0v) is 15.0. The Hall–Kier alpha value is -0.580. The highest BCUT2D eigenvalue weighted by atomic mass is 127. The molecule has 0 spiro atoms. The Morgan fingerprint density at radius 2 is 1.43 bits per heavy atom. The molecular formula is C18H27IO2. The number of ether oxygens (including phenoxy) is 1. The summed E-state index contributed by atoms with van der Waals surface area (Å²) in [5.74, 6) is -0.0686. The highest BCUT2D eigenvalue weighted by Gasteiger charge is 2.03. The maximum atomic E-state index is 11.6. The van der Waals surface area contributed by atoms with E-state index in [2.05, 4.69) is 22.6 Å². The number of carbonyl (C=O) groups excluding carboxylic acids is 1. The topological polar surface area (TPSA) is 26.3 Å². The van der Waals surface area contributed by atoms with Gasteiger partial charge in [-0.3, -0.25) is 4.79 Å². The van der Waals surface area contributed by atoms with Crippen molar-refractivity contribution in [2.45, 2.75) is 64.4 Å². The van der Waals surface area contributed by atoms with E-state index < -0.39 is 0 Å². The lowest BCUT2D eigenvalue weighted by Gasteiger charge is -2.05. The first-order valence-electron chi connectivity index (χ1n) is 8.08. The van der Waals surface area contributed by atoms with Crippen molar-refractivity contribution >= 4 is 28.6 Å². The third-order valence-corrected chi connectivity index (χ3v) is 4.27. The molecule has 1 rings (SSSR count). The van der Waals surface area contributed by atoms with Crippen LogP contribution in [0.1, 0.15) is 63.4 Å². The molecule has 0 bridgehead atoms. The molecule has 1 aromatic rings. The van der Waals surface area contributed by atoms with Crippen LogP contribution in [0.4, 0.5) is 0 Å². The first-order valence-corrected chi connectivity index (χ1v) is 9.61. The lowest BCUT2D eigenvalue weighted by molar-refractivity contribution is -0.145. The minimum absolute atomic E-state index is 0.0686. The number of hydrogen-bond acceptors (Lipinski definition) is 2. The van der Waals surface area contributed by atoms with Crippen molar-refractivity contribution in [2.75, 3.05) is 4.43 Å². The number of rotatable bonds is 12. The fraction of sp³-hybridized carbons (Fsp3) is 0.611. The van der Waals surface area contributed by atoms with Gasteiger partial charge < -0.3 is 4.74 Å². The summed E-state index contributed by atoms with van der Waals surface area (Å²) >= 11 is 2.44. The minimum atomic E-state index is -0.0686. The number of carbonyl (C=O) groups is 1. The van der Waals surface area contributed by atoms with Crippen LogP contribution in [0.15, 0.2) is 30.3 Å². The minimum Gasteiger partial charge on any atom is -0.461 e. The van der Waals surface area contributed by atoms with Gasteiger partial charge in [0.2, 0.25) is 0 Å². The zero-order chi connectivity index (χ0) is 15.2. The molecule has 0 saturated heterocycles. The van der Waals surface area contributed by atoms with E-state index in [1.807, 2.05) is 30.3 Å². The smallest absolute Gasteiger partial charge is 0.306 e. The molecule has 0 aliphatic heterocycles. The normalized spacial score (nSPS) is 10.5. The van der Waals surface area contributed by atoms with Gasteiger partial charge in [-0.25, -0.2) is 0 Å². The van der Waals surface area contributed by atoms with Crippen LogP contribution < -0.4 is 0 Å². The predicted octanol–water partition coefficient (Wildman–Crippen LogP) is 5.68. The van der Waals surface area contributed by atoms with Crippen molar-refractivity contribution in [2.24, 2.45) is 0 Å². The van der Waals surface area contributed by atoms with Crippen molar-refractivity contribution < 1.29 is 9.53 Å². The number of unbranched alkanes of at least 4 members (excludes halogenated alkanes) is 7. The van der Waals surface area contributed by atoms with E-state index in [1.165, 1.54) is 43.0 Å². The Labute approximate surface area is 142 Å². The summed E-state index contributed by atoms with van der Waals surface area (Å²) in [4.78, 5) is 11.6. The second-order valence-corrected chi connectivity index (χ2v) is 6.49. The van der Waals surface area contributed by atoms with Crippen LogP contribution in [0, 0.1) is 0 Å². The molecule has 3 heteroatoms. The lowest BCUT2D eigenvalue weighted by Crippen LogP contribution is -2.04. The van der Waals surface area contributed by atoms with Gasteiger partial charge in [0, 0.05) is 6.42 Å². The van der Waals surface area contributed by atoms with Crippen LogP contribution in [0.3, 0.4) is 0 Å². The van der Waals surface area contributed by atoms with E-state index in [1.54, 1.807) is 0 Å². The van der Waals surface area contributed by atoms with Crippen molar-refractivity contribution in [1.82, 2.24) is 0 Å². The van der Waals surface area contributed by atoms with E-state index >= 15 is 0 Å². The molecule has 0 saturated carbocycles. The van der Waals surface area contributed by atoms with Crippen LogP contribution in [0.5, 0.6) is 0 Å². The maximum absolute atomic E-state index is 11.6. The Bertz CT molecular complexity index is 365. The molecule has 21 heavy (non-hydrogen) atoms. The summed E-state index contributed by atoms with van der Waals surface area (Å²) in [5.41, 5.74) is 1.05. The molecule has 0 aliphatic rings. The van der Waals surface area contributed by atoms with E-state index in [-0.39, 0.29) is 5.97 Å². The average molecular weight is 402 g/mol. The highest BCUT2D eigenvalue weighted by Crippen LogP contribution is 2.11.